The highest BCUT2D eigenvalue weighted by molar-refractivity contribution is 5.96. The summed E-state index contributed by atoms with van der Waals surface area (Å²) in [4.78, 5) is 10.1. The number of aromatic nitrogens is 2. The largest absolute Gasteiger partial charge is 0.228 e. The Labute approximate surface area is 321 Å². The molecule has 0 N–H and O–H groups in total. The monoisotopic (exact) mass is 698 g/mol. The summed E-state index contributed by atoms with van der Waals surface area (Å²) in [5.74, 6) is 0.718. The molecule has 1 heterocycles. The molecule has 0 amide bonds. The minimum absolute atomic E-state index is 0.320. The Bertz CT molecular complexity index is 2810. The first-order valence-electron chi connectivity index (χ1n) is 18.9. The Kier molecular flexibility index (Phi) is 7.11. The maximum absolute atomic E-state index is 5.07. The predicted molar refractivity (Wildman–Crippen MR) is 226 cm³/mol. The molecule has 1 aromatic heterocycles. The molecular weight excluding hydrogens is 665 g/mol. The Morgan fingerprint density at radius 1 is 0.255 bits per heavy atom. The first-order chi connectivity index (χ1) is 27.3. The standard InChI is InChI=1S/C53H34N2/c1-3-14-37(15-4-1)50-34-51(55-52(54-50)38-16-5-2-6-17-38)41-19-13-18-39(32-41)35-26-28-36(29-27-35)40-30-31-49-45(33-40)44-22-9-12-25-48(44)53(49)46-23-10-7-20-42(46)43-21-8-11-24-47(43)53/h1-34H. The van der Waals surface area contributed by atoms with Crippen LogP contribution in [0.3, 0.4) is 0 Å². The first kappa shape index (κ1) is 31.4. The van der Waals surface area contributed by atoms with E-state index >= 15 is 0 Å². The molecule has 2 nitrogen and oxygen atoms in total. The van der Waals surface area contributed by atoms with Crippen LogP contribution in [0.2, 0.25) is 0 Å². The maximum Gasteiger partial charge on any atom is 0.160 e. The fraction of sp³-hybridized carbons (Fsp3) is 0.0189. The molecule has 0 fully saturated rings. The van der Waals surface area contributed by atoms with Crippen molar-refractivity contribution < 1.29 is 0 Å². The zero-order chi connectivity index (χ0) is 36.3. The molecule has 8 aromatic carbocycles. The first-order valence-corrected chi connectivity index (χ1v) is 18.9. The van der Waals surface area contributed by atoms with Crippen LogP contribution in [0.5, 0.6) is 0 Å². The number of nitrogens with zero attached hydrogens (tertiary/aromatic N) is 2. The van der Waals surface area contributed by atoms with Crippen molar-refractivity contribution in [2.45, 2.75) is 5.41 Å². The molecule has 2 heteroatoms. The second-order valence-corrected chi connectivity index (χ2v) is 14.5. The highest BCUT2D eigenvalue weighted by Crippen LogP contribution is 2.62. The van der Waals surface area contributed by atoms with Gasteiger partial charge in [-0.25, -0.2) is 9.97 Å². The summed E-state index contributed by atoms with van der Waals surface area (Å²) in [5, 5.41) is 0. The van der Waals surface area contributed by atoms with Crippen LogP contribution in [0.4, 0.5) is 0 Å². The van der Waals surface area contributed by atoms with Gasteiger partial charge in [-0.2, -0.15) is 0 Å². The molecule has 55 heavy (non-hydrogen) atoms. The summed E-state index contributed by atoms with van der Waals surface area (Å²) >= 11 is 0. The van der Waals surface area contributed by atoms with Gasteiger partial charge in [-0.15, -0.1) is 0 Å². The van der Waals surface area contributed by atoms with Crippen molar-refractivity contribution >= 4 is 0 Å². The average molecular weight is 699 g/mol. The molecule has 0 radical (unpaired) electrons. The van der Waals surface area contributed by atoms with Crippen LogP contribution in [0.25, 0.3) is 78.4 Å². The molecule has 1 spiro atoms. The number of rotatable bonds is 5. The van der Waals surface area contributed by atoms with Gasteiger partial charge in [0, 0.05) is 16.7 Å². The Hall–Kier alpha value is -7.16. The maximum atomic E-state index is 5.07. The van der Waals surface area contributed by atoms with E-state index in [1.165, 1.54) is 55.6 Å². The molecule has 256 valence electrons. The second-order valence-electron chi connectivity index (χ2n) is 14.5. The van der Waals surface area contributed by atoms with Crippen molar-refractivity contribution in [3.8, 4) is 78.4 Å². The van der Waals surface area contributed by atoms with Gasteiger partial charge in [-0.05, 0) is 85.0 Å². The molecule has 0 saturated heterocycles. The highest BCUT2D eigenvalue weighted by Gasteiger charge is 2.51. The minimum atomic E-state index is -0.320. The van der Waals surface area contributed by atoms with Crippen LogP contribution in [0.1, 0.15) is 22.3 Å². The third kappa shape index (κ3) is 4.89. The molecule has 9 aromatic rings. The number of benzene rings is 8. The molecule has 0 bridgehead atoms. The van der Waals surface area contributed by atoms with Crippen LogP contribution in [0.15, 0.2) is 206 Å². The lowest BCUT2D eigenvalue weighted by Gasteiger charge is -2.30. The number of hydrogen-bond donors (Lipinski definition) is 0. The van der Waals surface area contributed by atoms with E-state index in [-0.39, 0.29) is 5.41 Å². The van der Waals surface area contributed by atoms with Crippen LogP contribution in [-0.4, -0.2) is 9.97 Å². The molecule has 0 unspecified atom stereocenters. The summed E-state index contributed by atoms with van der Waals surface area (Å²) in [6, 6.07) is 74.4. The van der Waals surface area contributed by atoms with E-state index in [0.29, 0.717) is 0 Å². The zero-order valence-electron chi connectivity index (χ0n) is 30.0. The Balaban J connectivity index is 0.966. The van der Waals surface area contributed by atoms with Crippen molar-refractivity contribution in [1.82, 2.24) is 9.97 Å². The molecule has 11 rings (SSSR count). The van der Waals surface area contributed by atoms with Gasteiger partial charge in [0.1, 0.15) is 0 Å². The van der Waals surface area contributed by atoms with E-state index in [2.05, 4.69) is 182 Å². The third-order valence-electron chi connectivity index (χ3n) is 11.5. The third-order valence-corrected chi connectivity index (χ3v) is 11.5. The summed E-state index contributed by atoms with van der Waals surface area (Å²) in [7, 11) is 0. The molecule has 2 aliphatic rings. The van der Waals surface area contributed by atoms with E-state index in [1.807, 2.05) is 24.3 Å². The topological polar surface area (TPSA) is 25.8 Å². The Morgan fingerprint density at radius 3 is 1.27 bits per heavy atom. The van der Waals surface area contributed by atoms with Crippen LogP contribution in [-0.2, 0) is 5.41 Å². The van der Waals surface area contributed by atoms with Crippen molar-refractivity contribution in [3.63, 3.8) is 0 Å². The van der Waals surface area contributed by atoms with Gasteiger partial charge < -0.3 is 0 Å². The summed E-state index contributed by atoms with van der Waals surface area (Å²) in [6.45, 7) is 0. The van der Waals surface area contributed by atoms with Crippen molar-refractivity contribution in [1.29, 1.82) is 0 Å². The average Bonchev–Trinajstić information content (AvgIpc) is 3.74. The smallest absolute Gasteiger partial charge is 0.160 e. The van der Waals surface area contributed by atoms with Gasteiger partial charge in [0.2, 0.25) is 0 Å². The quantitative estimate of drug-likeness (QED) is 0.179. The van der Waals surface area contributed by atoms with Gasteiger partial charge in [-0.3, -0.25) is 0 Å². The SMILES string of the molecule is c1ccc(-c2cc(-c3cccc(-c4ccc(-c5ccc6c(c5)-c5ccccc5C65c6ccccc6-c6ccccc65)cc4)c3)nc(-c3ccccc3)n2)cc1. The number of hydrogen-bond acceptors (Lipinski definition) is 2. The second kappa shape index (κ2) is 12.5. The lowest BCUT2D eigenvalue weighted by Crippen LogP contribution is -2.25. The lowest BCUT2D eigenvalue weighted by molar-refractivity contribution is 0.794. The van der Waals surface area contributed by atoms with Gasteiger partial charge in [0.15, 0.2) is 5.82 Å². The molecular formula is C53H34N2. The fourth-order valence-electron chi connectivity index (χ4n) is 9.06. The van der Waals surface area contributed by atoms with Crippen molar-refractivity contribution in [2.24, 2.45) is 0 Å². The lowest BCUT2D eigenvalue weighted by atomic mass is 9.70. The summed E-state index contributed by atoms with van der Waals surface area (Å²) in [5.41, 5.74) is 20.1. The van der Waals surface area contributed by atoms with Crippen LogP contribution >= 0.6 is 0 Å². The predicted octanol–water partition coefficient (Wildman–Crippen LogP) is 13.2. The normalized spacial score (nSPS) is 12.9. The van der Waals surface area contributed by atoms with Gasteiger partial charge in [0.05, 0.1) is 16.8 Å². The van der Waals surface area contributed by atoms with E-state index in [9.17, 15) is 0 Å². The van der Waals surface area contributed by atoms with E-state index < -0.39 is 0 Å². The molecule has 0 saturated carbocycles. The van der Waals surface area contributed by atoms with E-state index in [0.717, 1.165) is 45.0 Å². The van der Waals surface area contributed by atoms with Gasteiger partial charge in [0.25, 0.3) is 0 Å². The summed E-state index contributed by atoms with van der Waals surface area (Å²) in [6.07, 6.45) is 0. The molecule has 0 atom stereocenters. The van der Waals surface area contributed by atoms with E-state index in [4.69, 9.17) is 9.97 Å². The zero-order valence-corrected chi connectivity index (χ0v) is 30.0. The van der Waals surface area contributed by atoms with Gasteiger partial charge in [-0.1, -0.05) is 188 Å². The highest BCUT2D eigenvalue weighted by atomic mass is 14.9. The Morgan fingerprint density at radius 2 is 0.673 bits per heavy atom. The van der Waals surface area contributed by atoms with Gasteiger partial charge >= 0.3 is 0 Å². The molecule has 0 aliphatic heterocycles. The van der Waals surface area contributed by atoms with Crippen molar-refractivity contribution in [3.05, 3.63) is 229 Å². The fourth-order valence-corrected chi connectivity index (χ4v) is 9.06. The van der Waals surface area contributed by atoms with Crippen LogP contribution in [0, 0.1) is 0 Å². The van der Waals surface area contributed by atoms with Crippen LogP contribution < -0.4 is 0 Å². The molecule has 2 aliphatic carbocycles. The summed E-state index contributed by atoms with van der Waals surface area (Å²) < 4.78 is 0. The van der Waals surface area contributed by atoms with E-state index in [1.54, 1.807) is 0 Å². The minimum Gasteiger partial charge on any atom is -0.228 e. The van der Waals surface area contributed by atoms with Crippen molar-refractivity contribution in [2.75, 3.05) is 0 Å². The number of fused-ring (bicyclic) bond motifs is 10.